The van der Waals surface area contributed by atoms with E-state index in [9.17, 15) is 9.90 Å². The number of aliphatic hydroxyl groups is 1. The standard InChI is InChI=1S/C19H37NO5Si/c1-6-14(3)19(5,15(4)7-2)25-26-12-8-10-20-17(21)13-24-16-9-11-23-18(16)22/h14-16,18,22H,6-13H2,1-5H3,(H,20,21)/i11T. The summed E-state index contributed by atoms with van der Waals surface area (Å²) in [5.74, 6) is 0.800. The molecule has 152 valence electrons. The molecule has 1 amide bonds. The van der Waals surface area contributed by atoms with Gasteiger partial charge in [0.05, 0.1) is 13.6 Å². The summed E-state index contributed by atoms with van der Waals surface area (Å²) in [7, 11) is 0.425. The summed E-state index contributed by atoms with van der Waals surface area (Å²) >= 11 is 0. The lowest BCUT2D eigenvalue weighted by Crippen LogP contribution is -2.43. The molecule has 0 saturated carbocycles. The maximum atomic E-state index is 11.8. The number of carbonyl (C=O) groups excluding carboxylic acids is 1. The highest BCUT2D eigenvalue weighted by atomic mass is 28.2. The Labute approximate surface area is 162 Å². The molecule has 5 atom stereocenters. The van der Waals surface area contributed by atoms with Gasteiger partial charge < -0.3 is 24.3 Å². The van der Waals surface area contributed by atoms with Gasteiger partial charge in [0.25, 0.3) is 0 Å². The van der Waals surface area contributed by atoms with Crippen LogP contribution in [0.2, 0.25) is 6.04 Å². The van der Waals surface area contributed by atoms with E-state index in [0.717, 1.165) is 25.3 Å². The Morgan fingerprint density at radius 3 is 2.62 bits per heavy atom. The van der Waals surface area contributed by atoms with Crippen LogP contribution >= 0.6 is 0 Å². The number of rotatable bonds is 13. The van der Waals surface area contributed by atoms with Crippen molar-refractivity contribution in [3.8, 4) is 0 Å². The summed E-state index contributed by atoms with van der Waals surface area (Å²) in [6.07, 6.45) is 1.60. The van der Waals surface area contributed by atoms with Crippen molar-refractivity contribution >= 4 is 15.7 Å². The fourth-order valence-electron chi connectivity index (χ4n) is 2.93. The maximum Gasteiger partial charge on any atom is 0.246 e. The van der Waals surface area contributed by atoms with Crippen LogP contribution in [0.1, 0.15) is 61.7 Å². The Morgan fingerprint density at radius 1 is 1.42 bits per heavy atom. The minimum absolute atomic E-state index is 0.0983. The molecular weight excluding hydrogens is 350 g/mol. The quantitative estimate of drug-likeness (QED) is 0.374. The second-order valence-electron chi connectivity index (χ2n) is 7.28. The molecule has 1 fully saturated rings. The molecule has 6 nitrogen and oxygen atoms in total. The van der Waals surface area contributed by atoms with Gasteiger partial charge in [-0.2, -0.15) is 0 Å². The van der Waals surface area contributed by atoms with Crippen molar-refractivity contribution < 1.29 is 25.2 Å². The van der Waals surface area contributed by atoms with Gasteiger partial charge in [0, 0.05) is 13.0 Å². The highest BCUT2D eigenvalue weighted by molar-refractivity contribution is 6.27. The number of hydrogen-bond acceptors (Lipinski definition) is 5. The highest BCUT2D eigenvalue weighted by Gasteiger charge is 2.35. The molecule has 2 N–H and O–H groups in total. The summed E-state index contributed by atoms with van der Waals surface area (Å²) in [4.78, 5) is 11.8. The molecule has 0 aromatic heterocycles. The van der Waals surface area contributed by atoms with E-state index < -0.39 is 19.0 Å². The molecule has 26 heavy (non-hydrogen) atoms. The van der Waals surface area contributed by atoms with E-state index in [1.54, 1.807) is 0 Å². The van der Waals surface area contributed by atoms with Gasteiger partial charge in [-0.15, -0.1) is 0 Å². The number of ether oxygens (including phenoxy) is 2. The van der Waals surface area contributed by atoms with Gasteiger partial charge in [-0.25, -0.2) is 0 Å². The summed E-state index contributed by atoms with van der Waals surface area (Å²) < 4.78 is 23.9. The third kappa shape index (κ3) is 7.27. The Hall–Kier alpha value is -0.473. The van der Waals surface area contributed by atoms with Crippen LogP contribution in [0.3, 0.4) is 0 Å². The fourth-order valence-corrected chi connectivity index (χ4v) is 4.07. The third-order valence-electron chi connectivity index (χ3n) is 5.56. The summed E-state index contributed by atoms with van der Waals surface area (Å²) in [6, 6.07) is 0.916. The number of hydrogen-bond donors (Lipinski definition) is 2. The van der Waals surface area contributed by atoms with E-state index in [0.29, 0.717) is 28.1 Å². The lowest BCUT2D eigenvalue weighted by molar-refractivity contribution is -0.143. The first-order chi connectivity index (χ1) is 12.7. The van der Waals surface area contributed by atoms with Gasteiger partial charge >= 0.3 is 0 Å². The molecule has 5 unspecified atom stereocenters. The van der Waals surface area contributed by atoms with Crippen molar-refractivity contribution in [2.75, 3.05) is 19.7 Å². The van der Waals surface area contributed by atoms with Crippen LogP contribution in [0, 0.1) is 11.8 Å². The Bertz CT molecular complexity index is 432. The minimum atomic E-state index is -1.12. The van der Waals surface area contributed by atoms with Gasteiger partial charge in [0.2, 0.25) is 15.7 Å². The normalized spacial score (nSPS) is 28.2. The van der Waals surface area contributed by atoms with Crippen molar-refractivity contribution in [2.45, 2.75) is 84.3 Å². The molecule has 2 radical (unpaired) electrons. The Balaban J connectivity index is 2.17. The van der Waals surface area contributed by atoms with Crippen LogP contribution in [0.15, 0.2) is 0 Å². The highest BCUT2D eigenvalue weighted by Crippen LogP contribution is 2.34. The number of nitrogens with one attached hydrogen (secondary N) is 1. The van der Waals surface area contributed by atoms with E-state index in [4.69, 9.17) is 15.3 Å². The van der Waals surface area contributed by atoms with E-state index in [1.807, 2.05) is 0 Å². The molecular formula is C19H37NO5Si. The predicted octanol–water partition coefficient (Wildman–Crippen LogP) is 2.52. The predicted molar refractivity (Wildman–Crippen MR) is 103 cm³/mol. The van der Waals surface area contributed by atoms with Gasteiger partial charge in [-0.05, 0) is 31.2 Å². The smallest absolute Gasteiger partial charge is 0.246 e. The van der Waals surface area contributed by atoms with Gasteiger partial charge in [0.15, 0.2) is 6.29 Å². The van der Waals surface area contributed by atoms with Crippen molar-refractivity contribution in [1.82, 2.24) is 5.32 Å². The van der Waals surface area contributed by atoms with E-state index >= 15 is 0 Å². The second-order valence-corrected chi connectivity index (χ2v) is 8.27. The van der Waals surface area contributed by atoms with E-state index in [1.165, 1.54) is 0 Å². The van der Waals surface area contributed by atoms with Crippen molar-refractivity contribution in [1.29, 1.82) is 0 Å². The molecule has 0 bridgehead atoms. The van der Waals surface area contributed by atoms with Gasteiger partial charge in [0.1, 0.15) is 12.7 Å². The largest absolute Gasteiger partial charge is 0.412 e. The molecule has 1 aliphatic rings. The molecule has 0 aliphatic carbocycles. The molecule has 1 rings (SSSR count). The van der Waals surface area contributed by atoms with Crippen LogP contribution in [0.25, 0.3) is 0 Å². The zero-order chi connectivity index (χ0) is 20.4. The molecule has 0 spiro atoms. The van der Waals surface area contributed by atoms with Crippen LogP contribution in [-0.4, -0.2) is 58.5 Å². The average molecular weight is 390 g/mol. The van der Waals surface area contributed by atoms with Crippen LogP contribution in [-0.2, 0) is 18.7 Å². The van der Waals surface area contributed by atoms with Crippen molar-refractivity contribution in [3.05, 3.63) is 0 Å². The first kappa shape index (κ1) is 21.8. The zero-order valence-corrected chi connectivity index (χ0v) is 17.9. The topological polar surface area (TPSA) is 77.0 Å². The summed E-state index contributed by atoms with van der Waals surface area (Å²) in [5.41, 5.74) is -0.0983. The molecule has 1 heterocycles. The lowest BCUT2D eigenvalue weighted by Gasteiger charge is -2.41. The van der Waals surface area contributed by atoms with Crippen molar-refractivity contribution in [2.24, 2.45) is 11.8 Å². The first-order valence-corrected chi connectivity index (χ1v) is 10.9. The Kier molecular flexibility index (Phi) is 10.1. The number of carbonyl (C=O) groups is 1. The molecule has 1 saturated heterocycles. The zero-order valence-electron chi connectivity index (χ0n) is 17.9. The van der Waals surface area contributed by atoms with E-state index in [-0.39, 0.29) is 24.5 Å². The average Bonchev–Trinajstić information content (AvgIpc) is 2.98. The third-order valence-corrected chi connectivity index (χ3v) is 6.70. The summed E-state index contributed by atoms with van der Waals surface area (Å²) in [5, 5.41) is 12.3. The van der Waals surface area contributed by atoms with Crippen LogP contribution in [0.5, 0.6) is 0 Å². The molecule has 0 aromatic rings. The van der Waals surface area contributed by atoms with Crippen molar-refractivity contribution in [3.63, 3.8) is 0 Å². The number of amides is 1. The maximum absolute atomic E-state index is 11.8. The monoisotopic (exact) mass is 389 g/mol. The summed E-state index contributed by atoms with van der Waals surface area (Å²) in [6.45, 7) is 10.8. The number of aliphatic hydroxyl groups excluding tert-OH is 1. The van der Waals surface area contributed by atoms with Gasteiger partial charge in [-0.1, -0.05) is 40.5 Å². The van der Waals surface area contributed by atoms with Gasteiger partial charge in [-0.3, -0.25) is 4.79 Å². The van der Waals surface area contributed by atoms with E-state index in [2.05, 4.69) is 39.9 Å². The SMILES string of the molecule is [3H]C1CC(OCC(=O)NCCC[Si]OC(C)(C(C)CC)C(C)CC)C(O)O1. The molecule has 0 aromatic carbocycles. The molecule has 7 heteroatoms. The first-order valence-electron chi connectivity index (χ1n) is 10.4. The minimum Gasteiger partial charge on any atom is -0.412 e. The molecule has 1 aliphatic heterocycles. The van der Waals surface area contributed by atoms with Crippen LogP contribution < -0.4 is 5.32 Å². The second kappa shape index (κ2) is 12.1. The van der Waals surface area contributed by atoms with Crippen LogP contribution in [0.4, 0.5) is 0 Å². The lowest BCUT2D eigenvalue weighted by atomic mass is 9.78. The fraction of sp³-hybridized carbons (Fsp3) is 0.947. The Morgan fingerprint density at radius 2 is 2.08 bits per heavy atom.